The number of benzene rings is 4. The van der Waals surface area contributed by atoms with Crippen molar-refractivity contribution in [2.45, 2.75) is 37.2 Å². The summed E-state index contributed by atoms with van der Waals surface area (Å²) >= 11 is 1.47. The van der Waals surface area contributed by atoms with Gasteiger partial charge in [-0.1, -0.05) is 73.3 Å². The summed E-state index contributed by atoms with van der Waals surface area (Å²) in [6.45, 7) is 2.06. The van der Waals surface area contributed by atoms with Gasteiger partial charge in [0.15, 0.2) is 6.29 Å². The van der Waals surface area contributed by atoms with E-state index in [0.717, 1.165) is 22.4 Å². The van der Waals surface area contributed by atoms with Crippen LogP contribution in [0.15, 0.2) is 108 Å². The van der Waals surface area contributed by atoms with Crippen LogP contribution in [0.3, 0.4) is 0 Å². The van der Waals surface area contributed by atoms with Crippen LogP contribution in [-0.4, -0.2) is 48.2 Å². The van der Waals surface area contributed by atoms with E-state index in [-0.39, 0.29) is 36.4 Å². The van der Waals surface area contributed by atoms with Crippen LogP contribution in [0, 0.1) is 5.92 Å². The largest absolute Gasteiger partial charge is 0.508 e. The summed E-state index contributed by atoms with van der Waals surface area (Å²) in [6, 6.07) is 30.9. The van der Waals surface area contributed by atoms with Crippen LogP contribution in [0.4, 0.5) is 5.69 Å². The molecule has 224 valence electrons. The van der Waals surface area contributed by atoms with Crippen molar-refractivity contribution >= 4 is 23.4 Å². The monoisotopic (exact) mass is 609 g/mol. The predicted octanol–water partition coefficient (Wildman–Crippen LogP) is 5.70. The molecule has 11 heteroatoms. The van der Waals surface area contributed by atoms with E-state index in [1.807, 2.05) is 66.7 Å². The van der Waals surface area contributed by atoms with Crippen LogP contribution in [0.5, 0.6) is 5.75 Å². The zero-order valence-electron chi connectivity index (χ0n) is 23.9. The smallest absolute Gasteiger partial charge is 0.255 e. The third-order valence-electron chi connectivity index (χ3n) is 7.51. The van der Waals surface area contributed by atoms with Crippen LogP contribution in [0.1, 0.15) is 46.4 Å². The molecule has 1 aromatic heterocycles. The van der Waals surface area contributed by atoms with E-state index in [2.05, 4.69) is 27.8 Å². The van der Waals surface area contributed by atoms with Crippen molar-refractivity contribution < 1.29 is 24.5 Å². The topological polar surface area (TPSA) is 132 Å². The van der Waals surface area contributed by atoms with Gasteiger partial charge in [-0.3, -0.25) is 4.79 Å². The molecule has 2 heterocycles. The Balaban J connectivity index is 1.21. The number of thioether (sulfide) groups is 1. The van der Waals surface area contributed by atoms with Crippen LogP contribution >= 0.6 is 11.8 Å². The van der Waals surface area contributed by atoms with Crippen molar-refractivity contribution in [2.75, 3.05) is 11.1 Å². The maximum absolute atomic E-state index is 12.6. The highest BCUT2D eigenvalue weighted by Crippen LogP contribution is 2.43. The maximum atomic E-state index is 12.6. The minimum Gasteiger partial charge on any atom is -0.508 e. The molecule has 4 atom stereocenters. The number of anilines is 1. The standard InChI is InChI=1S/C33H31N5O5S/c1-21-29(20-44-33-35-36-37-38(33)27-15-17-28(40)18-16-27)42-32(43-30(21)23-9-7-22(19-39)8-10-23)25-11-13-26(14-12-25)34-31(41)24-5-3-2-4-6-24/h2-18,21,29-30,32,39-40H,19-20H2,1H3,(H,34,41)/t21-,29+,30+,32+/m0/s1. The number of rotatable bonds is 9. The van der Waals surface area contributed by atoms with E-state index >= 15 is 0 Å². The molecule has 0 radical (unpaired) electrons. The van der Waals surface area contributed by atoms with Gasteiger partial charge in [0.2, 0.25) is 5.16 Å². The molecule has 44 heavy (non-hydrogen) atoms. The van der Waals surface area contributed by atoms with E-state index < -0.39 is 6.29 Å². The Labute approximate surface area is 258 Å². The lowest BCUT2D eigenvalue weighted by atomic mass is 9.91. The fourth-order valence-electron chi connectivity index (χ4n) is 5.01. The number of phenols is 1. The molecule has 10 nitrogen and oxygen atoms in total. The zero-order valence-corrected chi connectivity index (χ0v) is 24.7. The van der Waals surface area contributed by atoms with Crippen molar-refractivity contribution in [3.8, 4) is 11.4 Å². The molecule has 0 spiro atoms. The highest BCUT2D eigenvalue weighted by Gasteiger charge is 2.38. The molecular formula is C33H31N5O5S. The van der Waals surface area contributed by atoms with Gasteiger partial charge >= 0.3 is 0 Å². The van der Waals surface area contributed by atoms with E-state index in [0.29, 0.717) is 22.2 Å². The Hall–Kier alpha value is -4.55. The van der Waals surface area contributed by atoms with Crippen LogP contribution in [0.2, 0.25) is 0 Å². The van der Waals surface area contributed by atoms with Gasteiger partial charge in [-0.2, -0.15) is 4.68 Å². The summed E-state index contributed by atoms with van der Waals surface area (Å²) in [5.41, 5.74) is 4.60. The number of aliphatic hydroxyl groups is 1. The summed E-state index contributed by atoms with van der Waals surface area (Å²) < 4.78 is 14.7. The first kappa shape index (κ1) is 29.5. The van der Waals surface area contributed by atoms with E-state index in [1.165, 1.54) is 11.8 Å². The molecule has 3 N–H and O–H groups in total. The van der Waals surface area contributed by atoms with Gasteiger partial charge in [-0.15, -0.1) is 5.10 Å². The van der Waals surface area contributed by atoms with Crippen molar-refractivity contribution in [2.24, 2.45) is 5.92 Å². The molecule has 1 aliphatic rings. The molecule has 0 unspecified atom stereocenters. The SMILES string of the molecule is C[C@H]1[C@@H](CSc2nnnn2-c2ccc(O)cc2)O[C@@H](c2ccc(NC(=O)c3ccccc3)cc2)O[C@H]1c1ccc(CO)cc1. The van der Waals surface area contributed by atoms with Crippen LogP contribution in [-0.2, 0) is 16.1 Å². The summed E-state index contributed by atoms with van der Waals surface area (Å²) in [5, 5.41) is 34.9. The number of hydrogen-bond acceptors (Lipinski definition) is 9. The Morgan fingerprint density at radius 3 is 2.32 bits per heavy atom. The number of carbonyl (C=O) groups excluding carboxylic acids is 1. The summed E-state index contributed by atoms with van der Waals surface area (Å²) in [5.74, 6) is 0.503. The maximum Gasteiger partial charge on any atom is 0.255 e. The molecule has 0 aliphatic carbocycles. The number of tetrazole rings is 1. The van der Waals surface area contributed by atoms with E-state index in [4.69, 9.17) is 9.47 Å². The second-order valence-corrected chi connectivity index (χ2v) is 11.5. The molecule has 6 rings (SSSR count). The number of amides is 1. The Morgan fingerprint density at radius 2 is 1.61 bits per heavy atom. The second kappa shape index (κ2) is 13.4. The Kier molecular flexibility index (Phi) is 8.99. The average molecular weight is 610 g/mol. The average Bonchev–Trinajstić information content (AvgIpc) is 3.54. The van der Waals surface area contributed by atoms with Crippen molar-refractivity contribution in [3.05, 3.63) is 125 Å². The van der Waals surface area contributed by atoms with Gasteiger partial charge in [-0.25, -0.2) is 0 Å². The number of aromatic hydroxyl groups is 1. The first-order valence-electron chi connectivity index (χ1n) is 14.2. The molecular weight excluding hydrogens is 578 g/mol. The fourth-order valence-corrected chi connectivity index (χ4v) is 6.06. The van der Waals surface area contributed by atoms with E-state index in [9.17, 15) is 15.0 Å². The number of nitrogens with zero attached hydrogens (tertiary/aromatic N) is 4. The lowest BCUT2D eigenvalue weighted by Gasteiger charge is -2.41. The number of aliphatic hydroxyl groups excluding tert-OH is 1. The first-order chi connectivity index (χ1) is 21.5. The summed E-state index contributed by atoms with van der Waals surface area (Å²) in [4.78, 5) is 12.6. The minimum atomic E-state index is -0.661. The van der Waals surface area contributed by atoms with Gasteiger partial charge < -0.3 is 25.0 Å². The number of phenolic OH excluding ortho intramolecular Hbond substituents is 1. The minimum absolute atomic E-state index is 0.0267. The normalized spacial score (nSPS) is 19.9. The van der Waals surface area contributed by atoms with Gasteiger partial charge in [0.25, 0.3) is 5.91 Å². The molecule has 0 bridgehead atoms. The van der Waals surface area contributed by atoms with Crippen LogP contribution < -0.4 is 5.32 Å². The molecule has 1 aliphatic heterocycles. The van der Waals surface area contributed by atoms with Crippen molar-refractivity contribution in [1.29, 1.82) is 0 Å². The highest BCUT2D eigenvalue weighted by atomic mass is 32.2. The molecule has 4 aromatic carbocycles. The van der Waals surface area contributed by atoms with Crippen LogP contribution in [0.25, 0.3) is 5.69 Å². The molecule has 1 amide bonds. The van der Waals surface area contributed by atoms with Crippen molar-refractivity contribution in [1.82, 2.24) is 20.2 Å². The summed E-state index contributed by atoms with van der Waals surface area (Å²) in [7, 11) is 0. The number of hydrogen-bond donors (Lipinski definition) is 3. The lowest BCUT2D eigenvalue weighted by molar-refractivity contribution is -0.268. The van der Waals surface area contributed by atoms with Gasteiger partial charge in [-0.05, 0) is 70.1 Å². The van der Waals surface area contributed by atoms with Gasteiger partial charge in [0.1, 0.15) is 5.75 Å². The molecule has 1 saturated heterocycles. The summed E-state index contributed by atoms with van der Waals surface area (Å²) in [6.07, 6.45) is -1.17. The highest BCUT2D eigenvalue weighted by molar-refractivity contribution is 7.99. The third-order valence-corrected chi connectivity index (χ3v) is 8.52. The number of nitrogens with one attached hydrogen (secondary N) is 1. The van der Waals surface area contributed by atoms with E-state index in [1.54, 1.807) is 41.1 Å². The fraction of sp³-hybridized carbons (Fsp3) is 0.212. The van der Waals surface area contributed by atoms with Crippen molar-refractivity contribution in [3.63, 3.8) is 0 Å². The number of aromatic nitrogens is 4. The quantitative estimate of drug-likeness (QED) is 0.180. The third kappa shape index (κ3) is 6.66. The number of carbonyl (C=O) groups is 1. The first-order valence-corrected chi connectivity index (χ1v) is 15.1. The Morgan fingerprint density at radius 1 is 0.909 bits per heavy atom. The molecule has 5 aromatic rings. The lowest BCUT2D eigenvalue weighted by Crippen LogP contribution is -2.38. The Bertz CT molecular complexity index is 1680. The second-order valence-electron chi connectivity index (χ2n) is 10.5. The number of ether oxygens (including phenoxy) is 2. The van der Waals surface area contributed by atoms with Gasteiger partial charge in [0, 0.05) is 28.5 Å². The zero-order chi connectivity index (χ0) is 30.5. The predicted molar refractivity (Wildman–Crippen MR) is 165 cm³/mol. The molecule has 0 saturated carbocycles. The van der Waals surface area contributed by atoms with Gasteiger partial charge in [0.05, 0.1) is 24.5 Å². The molecule has 1 fully saturated rings.